The van der Waals surface area contributed by atoms with Crippen LogP contribution < -0.4 is 4.90 Å². The molecule has 0 fully saturated rings. The van der Waals surface area contributed by atoms with Crippen molar-refractivity contribution in [3.05, 3.63) is 88.5 Å². The molecule has 0 aliphatic carbocycles. The SMILES string of the molecule is Cc1cc(C)n2nc(CN(C(=O)CCc3ccccc3)c3cccc(Cl)c3)nc2n1. The molecule has 0 saturated carbocycles. The van der Waals surface area contributed by atoms with E-state index in [1.807, 2.05) is 62.4 Å². The molecular formula is C23H22ClN5O. The van der Waals surface area contributed by atoms with Crippen molar-refractivity contribution in [3.63, 3.8) is 0 Å². The number of halogens is 1. The molecule has 2 heterocycles. The maximum atomic E-state index is 13.2. The van der Waals surface area contributed by atoms with E-state index in [0.29, 0.717) is 29.5 Å². The maximum Gasteiger partial charge on any atom is 0.252 e. The summed E-state index contributed by atoms with van der Waals surface area (Å²) < 4.78 is 1.70. The number of amides is 1. The van der Waals surface area contributed by atoms with Crippen LogP contribution in [-0.4, -0.2) is 25.5 Å². The highest BCUT2D eigenvalue weighted by Crippen LogP contribution is 2.22. The zero-order valence-electron chi connectivity index (χ0n) is 16.9. The summed E-state index contributed by atoms with van der Waals surface area (Å²) in [5, 5.41) is 5.13. The van der Waals surface area contributed by atoms with Gasteiger partial charge in [0.05, 0.1) is 6.54 Å². The number of anilines is 1. The number of aryl methyl sites for hydroxylation is 3. The molecule has 0 aliphatic rings. The van der Waals surface area contributed by atoms with E-state index >= 15 is 0 Å². The van der Waals surface area contributed by atoms with Crippen molar-refractivity contribution in [1.29, 1.82) is 0 Å². The second-order valence-electron chi connectivity index (χ2n) is 7.22. The van der Waals surface area contributed by atoms with Gasteiger partial charge in [-0.25, -0.2) is 9.50 Å². The number of aromatic nitrogens is 4. The third kappa shape index (κ3) is 4.49. The number of benzene rings is 2. The second-order valence-corrected chi connectivity index (χ2v) is 7.66. The van der Waals surface area contributed by atoms with Crippen molar-refractivity contribution in [2.45, 2.75) is 33.2 Å². The van der Waals surface area contributed by atoms with Crippen LogP contribution in [0.1, 0.15) is 29.2 Å². The van der Waals surface area contributed by atoms with Crippen molar-refractivity contribution in [2.75, 3.05) is 4.90 Å². The van der Waals surface area contributed by atoms with Crippen LogP contribution >= 0.6 is 11.6 Å². The number of fused-ring (bicyclic) bond motifs is 1. The Hall–Kier alpha value is -3.25. The van der Waals surface area contributed by atoms with E-state index in [0.717, 1.165) is 22.6 Å². The molecule has 0 atom stereocenters. The van der Waals surface area contributed by atoms with Crippen LogP contribution in [0.15, 0.2) is 60.7 Å². The molecule has 0 unspecified atom stereocenters. The smallest absolute Gasteiger partial charge is 0.252 e. The standard InChI is InChI=1S/C23H22ClN5O/c1-16-13-17(2)29-23(25-16)26-21(27-29)15-28(20-10-6-9-19(24)14-20)22(30)12-11-18-7-4-3-5-8-18/h3-10,13-14H,11-12,15H2,1-2H3. The Morgan fingerprint density at radius 2 is 1.83 bits per heavy atom. The minimum Gasteiger partial charge on any atom is -0.305 e. The molecule has 2 aromatic carbocycles. The highest BCUT2D eigenvalue weighted by atomic mass is 35.5. The van der Waals surface area contributed by atoms with Gasteiger partial charge in [0.15, 0.2) is 5.82 Å². The summed E-state index contributed by atoms with van der Waals surface area (Å²) in [4.78, 5) is 23.8. The van der Waals surface area contributed by atoms with Gasteiger partial charge in [-0.15, -0.1) is 5.10 Å². The predicted octanol–water partition coefficient (Wildman–Crippen LogP) is 4.56. The third-order valence-corrected chi connectivity index (χ3v) is 5.09. The number of carbonyl (C=O) groups excluding carboxylic acids is 1. The number of carbonyl (C=O) groups is 1. The molecular weight excluding hydrogens is 398 g/mol. The van der Waals surface area contributed by atoms with E-state index in [4.69, 9.17) is 11.6 Å². The van der Waals surface area contributed by atoms with Crippen LogP contribution in [0.2, 0.25) is 5.02 Å². The minimum atomic E-state index is -0.0131. The average Bonchev–Trinajstić information content (AvgIpc) is 3.14. The van der Waals surface area contributed by atoms with E-state index < -0.39 is 0 Å². The van der Waals surface area contributed by atoms with Gasteiger partial charge in [-0.2, -0.15) is 4.98 Å². The normalized spacial score (nSPS) is 11.0. The van der Waals surface area contributed by atoms with Crippen LogP contribution in [0.3, 0.4) is 0 Å². The lowest BCUT2D eigenvalue weighted by atomic mass is 10.1. The molecule has 4 rings (SSSR count). The van der Waals surface area contributed by atoms with Crippen LogP contribution in [-0.2, 0) is 17.8 Å². The molecule has 1 amide bonds. The van der Waals surface area contributed by atoms with E-state index in [1.54, 1.807) is 21.5 Å². The molecule has 0 N–H and O–H groups in total. The van der Waals surface area contributed by atoms with Gasteiger partial charge in [0.25, 0.3) is 5.78 Å². The van der Waals surface area contributed by atoms with Crippen molar-refractivity contribution in [3.8, 4) is 0 Å². The molecule has 152 valence electrons. The van der Waals surface area contributed by atoms with Gasteiger partial charge in [-0.05, 0) is 50.1 Å². The summed E-state index contributed by atoms with van der Waals surface area (Å²) in [6, 6.07) is 19.2. The fourth-order valence-electron chi connectivity index (χ4n) is 3.41. The fraction of sp³-hybridized carbons (Fsp3) is 0.217. The van der Waals surface area contributed by atoms with Gasteiger partial charge in [0.1, 0.15) is 0 Å². The van der Waals surface area contributed by atoms with Crippen LogP contribution in [0.5, 0.6) is 0 Å². The summed E-state index contributed by atoms with van der Waals surface area (Å²) in [6.07, 6.45) is 1.04. The first-order valence-electron chi connectivity index (χ1n) is 9.79. The first-order chi connectivity index (χ1) is 14.5. The van der Waals surface area contributed by atoms with E-state index in [2.05, 4.69) is 15.1 Å². The van der Waals surface area contributed by atoms with Gasteiger partial charge in [0, 0.05) is 28.5 Å². The molecule has 4 aromatic rings. The molecule has 6 nitrogen and oxygen atoms in total. The Balaban J connectivity index is 1.62. The summed E-state index contributed by atoms with van der Waals surface area (Å²) >= 11 is 6.19. The quantitative estimate of drug-likeness (QED) is 0.459. The molecule has 2 aromatic heterocycles. The molecule has 0 spiro atoms. The van der Waals surface area contributed by atoms with E-state index in [-0.39, 0.29) is 12.5 Å². The van der Waals surface area contributed by atoms with Crippen LogP contribution in [0.25, 0.3) is 5.78 Å². The predicted molar refractivity (Wildman–Crippen MR) is 118 cm³/mol. The summed E-state index contributed by atoms with van der Waals surface area (Å²) in [6.45, 7) is 4.13. The number of nitrogens with zero attached hydrogens (tertiary/aromatic N) is 5. The largest absolute Gasteiger partial charge is 0.305 e. The summed E-state index contributed by atoms with van der Waals surface area (Å²) in [5.74, 6) is 1.05. The van der Waals surface area contributed by atoms with E-state index in [1.165, 1.54) is 0 Å². The Morgan fingerprint density at radius 1 is 1.03 bits per heavy atom. The van der Waals surface area contributed by atoms with Crippen LogP contribution in [0.4, 0.5) is 5.69 Å². The Morgan fingerprint density at radius 3 is 2.60 bits per heavy atom. The first-order valence-corrected chi connectivity index (χ1v) is 10.2. The van der Waals surface area contributed by atoms with Gasteiger partial charge in [-0.1, -0.05) is 48.0 Å². The monoisotopic (exact) mass is 419 g/mol. The van der Waals surface area contributed by atoms with Crippen molar-refractivity contribution in [1.82, 2.24) is 19.6 Å². The summed E-state index contributed by atoms with van der Waals surface area (Å²) in [5.41, 5.74) is 3.67. The first kappa shape index (κ1) is 20.0. The lowest BCUT2D eigenvalue weighted by Gasteiger charge is -2.22. The Bertz CT molecular complexity index is 1190. The molecule has 0 saturated heterocycles. The molecule has 7 heteroatoms. The minimum absolute atomic E-state index is 0.0131. The number of rotatable bonds is 6. The highest BCUT2D eigenvalue weighted by Gasteiger charge is 2.19. The third-order valence-electron chi connectivity index (χ3n) is 4.85. The molecule has 0 bridgehead atoms. The second kappa shape index (κ2) is 8.63. The van der Waals surface area contributed by atoms with Crippen molar-refractivity contribution in [2.24, 2.45) is 0 Å². The number of hydrogen-bond donors (Lipinski definition) is 0. The molecule has 0 radical (unpaired) electrons. The van der Waals surface area contributed by atoms with Crippen molar-refractivity contribution >= 4 is 29.0 Å². The van der Waals surface area contributed by atoms with Crippen molar-refractivity contribution < 1.29 is 4.79 Å². The lowest BCUT2D eigenvalue weighted by molar-refractivity contribution is -0.118. The Labute approximate surface area is 180 Å². The van der Waals surface area contributed by atoms with Gasteiger partial charge in [0.2, 0.25) is 5.91 Å². The zero-order chi connectivity index (χ0) is 21.1. The van der Waals surface area contributed by atoms with Gasteiger partial charge >= 0.3 is 0 Å². The highest BCUT2D eigenvalue weighted by molar-refractivity contribution is 6.30. The topological polar surface area (TPSA) is 63.4 Å². The van der Waals surface area contributed by atoms with E-state index in [9.17, 15) is 4.79 Å². The lowest BCUT2D eigenvalue weighted by Crippen LogP contribution is -2.31. The Kier molecular flexibility index (Phi) is 5.77. The average molecular weight is 420 g/mol. The van der Waals surface area contributed by atoms with Gasteiger partial charge < -0.3 is 4.90 Å². The van der Waals surface area contributed by atoms with Gasteiger partial charge in [-0.3, -0.25) is 4.79 Å². The fourth-order valence-corrected chi connectivity index (χ4v) is 3.60. The van der Waals surface area contributed by atoms with Crippen LogP contribution in [0, 0.1) is 13.8 Å². The maximum absolute atomic E-state index is 13.2. The molecule has 0 aliphatic heterocycles. The summed E-state index contributed by atoms with van der Waals surface area (Å²) in [7, 11) is 0. The molecule has 30 heavy (non-hydrogen) atoms. The zero-order valence-corrected chi connectivity index (χ0v) is 17.7. The number of hydrogen-bond acceptors (Lipinski definition) is 4.